The Morgan fingerprint density at radius 3 is 1.89 bits per heavy atom. The quantitative estimate of drug-likeness (QED) is 0.563. The average Bonchev–Trinajstić information content (AvgIpc) is 1.87. The topological polar surface area (TPSA) is 20.2 Å². The van der Waals surface area contributed by atoms with Crippen molar-refractivity contribution >= 4 is 0 Å². The molecule has 0 aromatic rings. The number of fused-ring (bicyclic) bond motifs is 2. The summed E-state index contributed by atoms with van der Waals surface area (Å²) in [6, 6.07) is 0. The van der Waals surface area contributed by atoms with Crippen molar-refractivity contribution in [3.05, 3.63) is 0 Å². The van der Waals surface area contributed by atoms with Gasteiger partial charge in [0.15, 0.2) is 0 Å². The van der Waals surface area contributed by atoms with Gasteiger partial charge < -0.3 is 5.11 Å². The summed E-state index contributed by atoms with van der Waals surface area (Å²) in [5.41, 5.74) is 0. The molecule has 0 spiro atoms. The van der Waals surface area contributed by atoms with Gasteiger partial charge in [-0.05, 0) is 43.4 Å². The third-order valence-electron chi connectivity index (χ3n) is 2.92. The van der Waals surface area contributed by atoms with Crippen LogP contribution in [0.2, 0.25) is 0 Å². The summed E-state index contributed by atoms with van der Waals surface area (Å²) < 4.78 is 0. The van der Waals surface area contributed by atoms with Gasteiger partial charge in [-0.1, -0.05) is 0 Å². The van der Waals surface area contributed by atoms with E-state index in [-0.39, 0.29) is 0 Å². The molecule has 0 heterocycles. The zero-order valence-corrected chi connectivity index (χ0v) is 5.71. The molecule has 3 saturated carbocycles. The zero-order chi connectivity index (χ0) is 6.27. The molecule has 0 aromatic heterocycles. The van der Waals surface area contributed by atoms with E-state index in [1.165, 1.54) is 25.7 Å². The molecule has 52 valence electrons. The Bertz CT molecular complexity index is 95.1. The SMILES string of the molecule is OCC1CC2CC(C1)C2. The second kappa shape index (κ2) is 1.98. The molecule has 1 N–H and O–H groups in total. The highest BCUT2D eigenvalue weighted by Gasteiger charge is 2.37. The molecular weight excluding hydrogens is 112 g/mol. The van der Waals surface area contributed by atoms with Gasteiger partial charge in [0.25, 0.3) is 0 Å². The van der Waals surface area contributed by atoms with Crippen LogP contribution in [-0.4, -0.2) is 11.7 Å². The molecule has 1 nitrogen and oxygen atoms in total. The molecule has 2 bridgehead atoms. The van der Waals surface area contributed by atoms with Crippen molar-refractivity contribution in [3.8, 4) is 0 Å². The molecule has 0 aliphatic heterocycles. The molecule has 0 atom stereocenters. The second-order valence-corrected chi connectivity index (χ2v) is 3.72. The average molecular weight is 126 g/mol. The Morgan fingerprint density at radius 1 is 1.00 bits per heavy atom. The predicted molar refractivity (Wildman–Crippen MR) is 36.0 cm³/mol. The molecule has 0 aromatic carbocycles. The van der Waals surface area contributed by atoms with E-state index in [0.29, 0.717) is 12.5 Å². The number of aliphatic hydroxyl groups excluding tert-OH is 1. The number of rotatable bonds is 1. The lowest BCUT2D eigenvalue weighted by atomic mass is 9.62. The molecule has 3 aliphatic carbocycles. The van der Waals surface area contributed by atoms with Crippen molar-refractivity contribution in [2.45, 2.75) is 25.7 Å². The van der Waals surface area contributed by atoms with Gasteiger partial charge in [-0.15, -0.1) is 0 Å². The molecule has 0 radical (unpaired) electrons. The van der Waals surface area contributed by atoms with Crippen molar-refractivity contribution < 1.29 is 5.11 Å². The first kappa shape index (κ1) is 5.72. The molecule has 9 heavy (non-hydrogen) atoms. The van der Waals surface area contributed by atoms with Gasteiger partial charge in [0, 0.05) is 6.61 Å². The lowest BCUT2D eigenvalue weighted by Gasteiger charge is -2.44. The Balaban J connectivity index is 1.89. The molecule has 0 saturated heterocycles. The van der Waals surface area contributed by atoms with E-state index in [9.17, 15) is 0 Å². The van der Waals surface area contributed by atoms with Crippen LogP contribution in [0.15, 0.2) is 0 Å². The first-order valence-electron chi connectivity index (χ1n) is 3.99. The van der Waals surface area contributed by atoms with E-state index in [1.54, 1.807) is 0 Å². The van der Waals surface area contributed by atoms with Crippen molar-refractivity contribution in [1.29, 1.82) is 0 Å². The third kappa shape index (κ3) is 0.877. The van der Waals surface area contributed by atoms with Crippen molar-refractivity contribution in [2.75, 3.05) is 6.61 Å². The molecule has 3 fully saturated rings. The van der Waals surface area contributed by atoms with Gasteiger partial charge >= 0.3 is 0 Å². The fourth-order valence-corrected chi connectivity index (χ4v) is 2.45. The summed E-state index contributed by atoms with van der Waals surface area (Å²) in [6.45, 7) is 0.438. The second-order valence-electron chi connectivity index (χ2n) is 3.72. The number of hydrogen-bond acceptors (Lipinski definition) is 1. The highest BCUT2D eigenvalue weighted by atomic mass is 16.3. The van der Waals surface area contributed by atoms with E-state index < -0.39 is 0 Å². The van der Waals surface area contributed by atoms with Gasteiger partial charge in [0.2, 0.25) is 0 Å². The Kier molecular flexibility index (Phi) is 1.26. The maximum Gasteiger partial charge on any atom is 0.0459 e. The summed E-state index contributed by atoms with van der Waals surface area (Å²) >= 11 is 0. The monoisotopic (exact) mass is 126 g/mol. The summed E-state index contributed by atoms with van der Waals surface area (Å²) in [5.74, 6) is 2.67. The van der Waals surface area contributed by atoms with Gasteiger partial charge in [-0.2, -0.15) is 0 Å². The minimum Gasteiger partial charge on any atom is -0.396 e. The fourth-order valence-electron chi connectivity index (χ4n) is 2.45. The summed E-state index contributed by atoms with van der Waals surface area (Å²) in [4.78, 5) is 0. The summed E-state index contributed by atoms with van der Waals surface area (Å²) in [6.07, 6.45) is 5.56. The maximum atomic E-state index is 8.83. The first-order chi connectivity index (χ1) is 4.38. The van der Waals surface area contributed by atoms with Crippen molar-refractivity contribution in [2.24, 2.45) is 17.8 Å². The minimum absolute atomic E-state index is 0.438. The lowest BCUT2D eigenvalue weighted by Crippen LogP contribution is -2.35. The van der Waals surface area contributed by atoms with Crippen LogP contribution in [0.5, 0.6) is 0 Å². The Labute approximate surface area is 56.1 Å². The predicted octanol–water partition coefficient (Wildman–Crippen LogP) is 1.41. The van der Waals surface area contributed by atoms with E-state index in [2.05, 4.69) is 0 Å². The van der Waals surface area contributed by atoms with Gasteiger partial charge in [0.1, 0.15) is 0 Å². The molecule has 1 heteroatoms. The van der Waals surface area contributed by atoms with Crippen LogP contribution in [-0.2, 0) is 0 Å². The van der Waals surface area contributed by atoms with Crippen molar-refractivity contribution in [3.63, 3.8) is 0 Å². The summed E-state index contributed by atoms with van der Waals surface area (Å²) in [7, 11) is 0. The van der Waals surface area contributed by atoms with E-state index in [1.807, 2.05) is 0 Å². The Hall–Kier alpha value is -0.0400. The molecule has 0 amide bonds. The van der Waals surface area contributed by atoms with Gasteiger partial charge in [0.05, 0.1) is 0 Å². The lowest BCUT2D eigenvalue weighted by molar-refractivity contribution is 0.0383. The molecule has 3 rings (SSSR count). The van der Waals surface area contributed by atoms with Gasteiger partial charge in [-0.3, -0.25) is 0 Å². The molecule has 3 aliphatic rings. The standard InChI is InChI=1S/C8H14O/c9-5-8-3-6-1-7(2-6)4-8/h6-9H,1-5H2. The smallest absolute Gasteiger partial charge is 0.0459 e. The summed E-state index contributed by atoms with van der Waals surface area (Å²) in [5, 5.41) is 8.83. The highest BCUT2D eigenvalue weighted by Crippen LogP contribution is 2.47. The van der Waals surface area contributed by atoms with E-state index in [0.717, 1.165) is 11.8 Å². The Morgan fingerprint density at radius 2 is 1.56 bits per heavy atom. The maximum absolute atomic E-state index is 8.83. The van der Waals surface area contributed by atoms with Crippen LogP contribution < -0.4 is 0 Å². The largest absolute Gasteiger partial charge is 0.396 e. The third-order valence-corrected chi connectivity index (χ3v) is 2.92. The van der Waals surface area contributed by atoms with Crippen LogP contribution in [0.25, 0.3) is 0 Å². The highest BCUT2D eigenvalue weighted by molar-refractivity contribution is 4.88. The number of aliphatic hydroxyl groups is 1. The minimum atomic E-state index is 0.438. The van der Waals surface area contributed by atoms with Crippen LogP contribution in [0.4, 0.5) is 0 Å². The van der Waals surface area contributed by atoms with Crippen LogP contribution in [0, 0.1) is 17.8 Å². The van der Waals surface area contributed by atoms with E-state index in [4.69, 9.17) is 5.11 Å². The van der Waals surface area contributed by atoms with Crippen molar-refractivity contribution in [1.82, 2.24) is 0 Å². The van der Waals surface area contributed by atoms with Crippen LogP contribution in [0.3, 0.4) is 0 Å². The fraction of sp³-hybridized carbons (Fsp3) is 1.00. The van der Waals surface area contributed by atoms with Gasteiger partial charge in [-0.25, -0.2) is 0 Å². The molecule has 0 unspecified atom stereocenters. The van der Waals surface area contributed by atoms with Crippen LogP contribution in [0.1, 0.15) is 25.7 Å². The van der Waals surface area contributed by atoms with E-state index >= 15 is 0 Å². The normalized spacial score (nSPS) is 48.3. The number of hydrogen-bond donors (Lipinski definition) is 1. The van der Waals surface area contributed by atoms with Crippen LogP contribution >= 0.6 is 0 Å². The zero-order valence-electron chi connectivity index (χ0n) is 5.71. The first-order valence-corrected chi connectivity index (χ1v) is 3.99. The molecular formula is C8H14O.